The number of carbonyl (C=O) groups is 2. The number of carbonyl (C=O) groups excluding carboxylic acids is 1. The first-order valence-corrected chi connectivity index (χ1v) is 11.6. The third-order valence-corrected chi connectivity index (χ3v) is 6.03. The molecule has 2 aromatic rings. The van der Waals surface area contributed by atoms with Crippen LogP contribution in [-0.2, 0) is 20.9 Å². The van der Waals surface area contributed by atoms with Gasteiger partial charge in [0.05, 0.1) is 24.8 Å². The summed E-state index contributed by atoms with van der Waals surface area (Å²) in [6.45, 7) is 7.96. The zero-order chi connectivity index (χ0) is 24.0. The SMILES string of the molecule is CCC(CC)O[C@@H]1C=C(C(=O)O)C[C@H](NCc2ccc(-c3ccc(C)cc3)o2)[C@H]1NC(C)=O. The minimum Gasteiger partial charge on any atom is -0.478 e. The standard InChI is InChI=1S/C26H34N2O5/c1-5-20(6-2)32-24-14-19(26(30)31)13-22(25(24)28-17(4)29)27-15-21-11-12-23(33-21)18-9-7-16(3)8-10-18/h7-12,14,20,22,24-25,27H,5-6,13,15H2,1-4H3,(H,28,29)(H,30,31)/t22-,24+,25+/m0/s1. The van der Waals surface area contributed by atoms with E-state index in [9.17, 15) is 14.7 Å². The lowest BCUT2D eigenvalue weighted by atomic mass is 9.87. The minimum atomic E-state index is -0.971. The molecule has 7 nitrogen and oxygen atoms in total. The van der Waals surface area contributed by atoms with E-state index in [1.165, 1.54) is 12.5 Å². The van der Waals surface area contributed by atoms with Crippen molar-refractivity contribution in [3.63, 3.8) is 0 Å². The first kappa shape index (κ1) is 24.7. The van der Waals surface area contributed by atoms with Crippen molar-refractivity contribution in [1.82, 2.24) is 10.6 Å². The number of hydrogen-bond acceptors (Lipinski definition) is 5. The summed E-state index contributed by atoms with van der Waals surface area (Å²) < 4.78 is 12.2. The molecule has 0 radical (unpaired) electrons. The summed E-state index contributed by atoms with van der Waals surface area (Å²) in [5.41, 5.74) is 2.46. The number of aliphatic carboxylic acids is 1. The van der Waals surface area contributed by atoms with Crippen LogP contribution in [-0.4, -0.2) is 41.3 Å². The van der Waals surface area contributed by atoms with Crippen LogP contribution in [0.15, 0.2) is 52.5 Å². The zero-order valence-corrected chi connectivity index (χ0v) is 19.8. The van der Waals surface area contributed by atoms with Crippen molar-refractivity contribution in [2.45, 2.75) is 77.8 Å². The van der Waals surface area contributed by atoms with Crippen molar-refractivity contribution >= 4 is 11.9 Å². The molecule has 3 rings (SSSR count). The summed E-state index contributed by atoms with van der Waals surface area (Å²) in [5.74, 6) is 0.351. The molecule has 3 atom stereocenters. The van der Waals surface area contributed by atoms with E-state index in [0.717, 1.165) is 29.9 Å². The van der Waals surface area contributed by atoms with Gasteiger partial charge in [0.25, 0.3) is 0 Å². The maximum Gasteiger partial charge on any atom is 0.331 e. The molecule has 0 fully saturated rings. The largest absolute Gasteiger partial charge is 0.478 e. The molecular weight excluding hydrogens is 420 g/mol. The number of amides is 1. The predicted octanol–water partition coefficient (Wildman–Crippen LogP) is 4.21. The number of ether oxygens (including phenoxy) is 1. The maximum absolute atomic E-state index is 12.0. The quantitative estimate of drug-likeness (QED) is 0.497. The van der Waals surface area contributed by atoms with E-state index in [2.05, 4.69) is 10.6 Å². The van der Waals surface area contributed by atoms with Gasteiger partial charge in [-0.1, -0.05) is 43.7 Å². The number of carboxylic acid groups (broad SMARTS) is 1. The number of benzene rings is 1. The Morgan fingerprint density at radius 3 is 2.45 bits per heavy atom. The van der Waals surface area contributed by atoms with Crippen molar-refractivity contribution in [3.05, 3.63) is 59.4 Å². The summed E-state index contributed by atoms with van der Waals surface area (Å²) in [6, 6.07) is 11.2. The molecule has 0 aliphatic heterocycles. The fourth-order valence-corrected chi connectivity index (χ4v) is 4.14. The van der Waals surface area contributed by atoms with E-state index in [1.54, 1.807) is 6.08 Å². The lowest BCUT2D eigenvalue weighted by molar-refractivity contribution is -0.133. The van der Waals surface area contributed by atoms with Crippen molar-refractivity contribution < 1.29 is 23.8 Å². The van der Waals surface area contributed by atoms with Crippen LogP contribution in [0, 0.1) is 6.92 Å². The predicted molar refractivity (Wildman–Crippen MR) is 127 cm³/mol. The highest BCUT2D eigenvalue weighted by atomic mass is 16.5. The third-order valence-electron chi connectivity index (χ3n) is 6.03. The van der Waals surface area contributed by atoms with E-state index in [-0.39, 0.29) is 30.0 Å². The molecule has 1 heterocycles. The molecule has 33 heavy (non-hydrogen) atoms. The van der Waals surface area contributed by atoms with Gasteiger partial charge in [-0.3, -0.25) is 4.79 Å². The topological polar surface area (TPSA) is 101 Å². The molecule has 1 aromatic heterocycles. The van der Waals surface area contributed by atoms with Gasteiger partial charge in [0.15, 0.2) is 0 Å². The average Bonchev–Trinajstić information content (AvgIpc) is 3.26. The van der Waals surface area contributed by atoms with Crippen molar-refractivity contribution in [2.24, 2.45) is 0 Å². The molecule has 0 bridgehead atoms. The lowest BCUT2D eigenvalue weighted by Crippen LogP contribution is -2.58. The van der Waals surface area contributed by atoms with Crippen LogP contribution >= 0.6 is 0 Å². The number of aryl methyl sites for hydroxylation is 1. The second-order valence-electron chi connectivity index (χ2n) is 8.59. The fraction of sp³-hybridized carbons (Fsp3) is 0.462. The number of furan rings is 1. The molecule has 3 N–H and O–H groups in total. The Morgan fingerprint density at radius 2 is 1.85 bits per heavy atom. The van der Waals surface area contributed by atoms with Crippen LogP contribution in [0.25, 0.3) is 11.3 Å². The Hall–Kier alpha value is -2.90. The van der Waals surface area contributed by atoms with Crippen molar-refractivity contribution in [3.8, 4) is 11.3 Å². The van der Waals surface area contributed by atoms with Crippen LogP contribution < -0.4 is 10.6 Å². The van der Waals surface area contributed by atoms with E-state index < -0.39 is 18.1 Å². The van der Waals surface area contributed by atoms with E-state index in [1.807, 2.05) is 57.2 Å². The number of nitrogens with one attached hydrogen (secondary N) is 2. The highest BCUT2D eigenvalue weighted by Gasteiger charge is 2.37. The Kier molecular flexibility index (Phi) is 8.47. The molecule has 1 aliphatic rings. The molecular formula is C26H34N2O5. The third kappa shape index (κ3) is 6.55. The minimum absolute atomic E-state index is 0.0153. The summed E-state index contributed by atoms with van der Waals surface area (Å²) >= 11 is 0. The Labute approximate surface area is 195 Å². The van der Waals surface area contributed by atoms with E-state index in [4.69, 9.17) is 9.15 Å². The Balaban J connectivity index is 1.77. The van der Waals surface area contributed by atoms with Crippen molar-refractivity contribution in [2.75, 3.05) is 0 Å². The first-order chi connectivity index (χ1) is 15.8. The molecule has 1 amide bonds. The van der Waals surface area contributed by atoms with Crippen LogP contribution in [0.5, 0.6) is 0 Å². The van der Waals surface area contributed by atoms with Gasteiger partial charge < -0.3 is 24.9 Å². The summed E-state index contributed by atoms with van der Waals surface area (Å²) in [6.07, 6.45) is 2.98. The highest BCUT2D eigenvalue weighted by Crippen LogP contribution is 2.26. The molecule has 0 spiro atoms. The molecule has 1 aromatic carbocycles. The van der Waals surface area contributed by atoms with Crippen LogP contribution in [0.1, 0.15) is 51.4 Å². The second kappa shape index (κ2) is 11.3. The van der Waals surface area contributed by atoms with Gasteiger partial charge >= 0.3 is 5.97 Å². The monoisotopic (exact) mass is 454 g/mol. The van der Waals surface area contributed by atoms with Crippen LogP contribution in [0.2, 0.25) is 0 Å². The van der Waals surface area contributed by atoms with Crippen LogP contribution in [0.3, 0.4) is 0 Å². The number of hydrogen-bond donors (Lipinski definition) is 3. The molecule has 0 unspecified atom stereocenters. The summed E-state index contributed by atoms with van der Waals surface area (Å²) in [7, 11) is 0. The molecule has 178 valence electrons. The molecule has 0 saturated heterocycles. The van der Waals surface area contributed by atoms with E-state index >= 15 is 0 Å². The fourth-order valence-electron chi connectivity index (χ4n) is 4.14. The number of carboxylic acids is 1. The van der Waals surface area contributed by atoms with Gasteiger partial charge in [-0.25, -0.2) is 4.79 Å². The number of rotatable bonds is 10. The molecule has 1 aliphatic carbocycles. The Morgan fingerprint density at radius 1 is 1.15 bits per heavy atom. The van der Waals surface area contributed by atoms with Crippen molar-refractivity contribution in [1.29, 1.82) is 0 Å². The highest BCUT2D eigenvalue weighted by molar-refractivity contribution is 5.87. The van der Waals surface area contributed by atoms with Gasteiger partial charge in [0.2, 0.25) is 5.91 Å². The van der Waals surface area contributed by atoms with Gasteiger partial charge in [-0.05, 0) is 44.4 Å². The Bertz CT molecular complexity index is 975. The smallest absolute Gasteiger partial charge is 0.331 e. The second-order valence-corrected chi connectivity index (χ2v) is 8.59. The van der Waals surface area contributed by atoms with Gasteiger partial charge in [-0.15, -0.1) is 0 Å². The van der Waals surface area contributed by atoms with Gasteiger partial charge in [0, 0.05) is 24.1 Å². The first-order valence-electron chi connectivity index (χ1n) is 11.6. The molecule has 7 heteroatoms. The normalized spacial score (nSPS) is 20.5. The molecule has 0 saturated carbocycles. The zero-order valence-electron chi connectivity index (χ0n) is 19.8. The maximum atomic E-state index is 12.0. The average molecular weight is 455 g/mol. The van der Waals surface area contributed by atoms with Crippen LogP contribution in [0.4, 0.5) is 0 Å². The summed E-state index contributed by atoms with van der Waals surface area (Å²) in [4.78, 5) is 23.8. The summed E-state index contributed by atoms with van der Waals surface area (Å²) in [5, 5.41) is 16.0. The lowest BCUT2D eigenvalue weighted by Gasteiger charge is -2.38. The van der Waals surface area contributed by atoms with Gasteiger partial charge in [-0.2, -0.15) is 0 Å². The van der Waals surface area contributed by atoms with Gasteiger partial charge in [0.1, 0.15) is 11.5 Å². The van der Waals surface area contributed by atoms with E-state index in [0.29, 0.717) is 6.54 Å².